The van der Waals surface area contributed by atoms with E-state index in [4.69, 9.17) is 62.1 Å². The Morgan fingerprint density at radius 2 is 0.540 bits per heavy atom. The SMILES string of the molecule is CCCCCCCCCCCCCCCC(=O)NC(CSCC(COC(=O)CCCCCCCCCCCCCCC)OC(=O)CCCCCCCCCCCCCCC)C(=O)NC(CO)C(=O)NC(CCCCN)C(=O)NC(CCCCN)C(=O)NC(CCCCN)C(=O)NC(CCCCN)C(=O)O.O=C(O)C(F)(F)F.O=C(O)C(F)(F)F.O=C(O)C(F)(F)F. The molecule has 0 heterocycles. The van der Waals surface area contributed by atoms with Crippen LogP contribution in [0.25, 0.3) is 0 Å². The van der Waals surface area contributed by atoms with E-state index >= 15 is 0 Å². The van der Waals surface area contributed by atoms with Gasteiger partial charge in [-0.3, -0.25) is 38.4 Å². The minimum atomic E-state index is -5.08. The number of esters is 2. The number of carbonyl (C=O) groups excluding carboxylic acids is 8. The van der Waals surface area contributed by atoms with Crippen LogP contribution in [0.4, 0.5) is 39.5 Å². The van der Waals surface area contributed by atoms with Gasteiger partial charge in [0.25, 0.3) is 0 Å². The molecular formula is C87H159F9N10O19S. The van der Waals surface area contributed by atoms with Crippen molar-refractivity contribution in [3.05, 3.63) is 0 Å². The summed E-state index contributed by atoms with van der Waals surface area (Å²) in [5, 5.41) is 58.3. The topological polar surface area (TPSA) is 501 Å². The summed E-state index contributed by atoms with van der Waals surface area (Å²) in [6.07, 6.45) is 33.4. The number of hydrogen-bond donors (Lipinski definition) is 15. The molecule has 0 rings (SSSR count). The molecule has 39 heteroatoms. The highest BCUT2D eigenvalue weighted by Crippen LogP contribution is 2.21. The van der Waals surface area contributed by atoms with Gasteiger partial charge in [0, 0.05) is 30.8 Å². The molecule has 0 aromatic rings. The number of aliphatic hydroxyl groups excluding tert-OH is 1. The molecule has 7 unspecified atom stereocenters. The Bertz CT molecular complexity index is 2780. The van der Waals surface area contributed by atoms with Gasteiger partial charge in [-0.2, -0.15) is 51.3 Å². The summed E-state index contributed by atoms with van der Waals surface area (Å²) in [6.45, 7) is 6.81. The second-order valence-corrected chi connectivity index (χ2v) is 32.9. The number of hydrogen-bond acceptors (Lipinski definition) is 20. The van der Waals surface area contributed by atoms with Gasteiger partial charge >= 0.3 is 54.3 Å². The van der Waals surface area contributed by atoms with Crippen molar-refractivity contribution in [1.82, 2.24) is 31.9 Å². The van der Waals surface area contributed by atoms with E-state index in [9.17, 15) is 92.9 Å². The molecule has 0 aliphatic heterocycles. The Morgan fingerprint density at radius 3 is 0.810 bits per heavy atom. The standard InChI is InChI=1S/C81H156N10O13S.3C2HF3O2/c1-4-7-10-13-16-19-22-25-28-31-34-37-40-55-73(93)86-72(65-105-64-66(104-75(95)57-42-39-36-33-30-27-24-21-18-15-12-9-6-3)63-103-74(94)56-41-38-35-32-29-26-23-20-17-14-11-8-5-2)80(100)91-71(62-92)79(99)89-68(52-44-48-59-83)77(97)87-67(51-43-47-58-82)76(96)88-69(53-45-49-60-84)78(98)90-70(81(101)102)54-46-50-61-85;3*3-2(4,5)1(6)7/h66-72,92H,4-65,82-85H2,1-3H3,(H,86,93)(H,87,97)(H,88,96)(H,89,99)(H,90,98)(H,91,100)(H,101,102);3*(H,6,7). The maximum atomic E-state index is 14.5. The fourth-order valence-corrected chi connectivity index (χ4v) is 13.9. The van der Waals surface area contributed by atoms with Crippen LogP contribution >= 0.6 is 11.8 Å². The Balaban J connectivity index is -0.00000311. The Morgan fingerprint density at radius 1 is 0.302 bits per heavy atom. The lowest BCUT2D eigenvalue weighted by molar-refractivity contribution is -0.193. The van der Waals surface area contributed by atoms with Gasteiger partial charge in [-0.1, -0.05) is 252 Å². The molecule has 6 amide bonds. The Hall–Kier alpha value is -6.84. The monoisotopic (exact) mass is 1850 g/mol. The van der Waals surface area contributed by atoms with E-state index in [2.05, 4.69) is 52.7 Å². The van der Waals surface area contributed by atoms with E-state index < -0.39 is 133 Å². The molecule has 0 aliphatic carbocycles. The molecule has 0 spiro atoms. The van der Waals surface area contributed by atoms with E-state index in [1.54, 1.807) is 0 Å². The smallest absolute Gasteiger partial charge is 0.480 e. The third kappa shape index (κ3) is 79.3. The van der Waals surface area contributed by atoms with E-state index in [1.807, 2.05) is 0 Å². The number of nitrogens with one attached hydrogen (secondary N) is 6. The van der Waals surface area contributed by atoms with Crippen LogP contribution in [0.1, 0.15) is 367 Å². The molecule has 0 fully saturated rings. The van der Waals surface area contributed by atoms with Crippen molar-refractivity contribution in [3.63, 3.8) is 0 Å². The summed E-state index contributed by atoms with van der Waals surface area (Å²) in [7, 11) is 0. The fraction of sp³-hybridized carbons (Fsp3) is 0.862. The van der Waals surface area contributed by atoms with Crippen molar-refractivity contribution in [1.29, 1.82) is 0 Å². The molecule has 0 bridgehead atoms. The Labute approximate surface area is 746 Å². The van der Waals surface area contributed by atoms with Crippen molar-refractivity contribution in [3.8, 4) is 0 Å². The third-order valence-corrected chi connectivity index (χ3v) is 21.5. The molecule has 740 valence electrons. The van der Waals surface area contributed by atoms with Gasteiger partial charge in [0.2, 0.25) is 35.4 Å². The summed E-state index contributed by atoms with van der Waals surface area (Å²) in [6, 6.07) is -7.86. The van der Waals surface area contributed by atoms with E-state index in [-0.39, 0.29) is 82.1 Å². The minimum Gasteiger partial charge on any atom is -0.480 e. The van der Waals surface area contributed by atoms with Crippen LogP contribution in [0.2, 0.25) is 0 Å². The predicted octanol–water partition coefficient (Wildman–Crippen LogP) is 15.0. The van der Waals surface area contributed by atoms with E-state index in [0.29, 0.717) is 83.7 Å². The quantitative estimate of drug-likeness (QED) is 0.0153. The second-order valence-electron chi connectivity index (χ2n) is 31.8. The van der Waals surface area contributed by atoms with Crippen molar-refractivity contribution >= 4 is 83.0 Å². The number of rotatable bonds is 78. The molecule has 0 aliphatic rings. The molecule has 0 saturated heterocycles. The molecule has 0 aromatic heterocycles. The fourth-order valence-electron chi connectivity index (χ4n) is 12.9. The summed E-state index contributed by atoms with van der Waals surface area (Å²) in [4.78, 5) is 151. The largest absolute Gasteiger partial charge is 0.490 e. The summed E-state index contributed by atoms with van der Waals surface area (Å²) in [5.41, 5.74) is 23.1. The van der Waals surface area contributed by atoms with Crippen LogP contribution in [0, 0.1) is 0 Å². The Kier molecular flexibility index (Phi) is 83.4. The number of unbranched alkanes of at least 4 members (excludes halogenated alkanes) is 40. The van der Waals surface area contributed by atoms with Gasteiger partial charge in [0.1, 0.15) is 49.0 Å². The highest BCUT2D eigenvalue weighted by atomic mass is 32.2. The average Bonchev–Trinajstić information content (AvgIpc) is 0.858. The van der Waals surface area contributed by atoms with Crippen LogP contribution < -0.4 is 54.8 Å². The van der Waals surface area contributed by atoms with Gasteiger partial charge in [0.15, 0.2) is 0 Å². The van der Waals surface area contributed by atoms with Gasteiger partial charge < -0.3 is 89.8 Å². The molecular weight excluding hydrogens is 1690 g/mol. The van der Waals surface area contributed by atoms with Crippen LogP contribution in [0.15, 0.2) is 0 Å². The molecule has 126 heavy (non-hydrogen) atoms. The van der Waals surface area contributed by atoms with Crippen molar-refractivity contribution < 1.29 is 132 Å². The number of halogens is 9. The van der Waals surface area contributed by atoms with Crippen molar-refractivity contribution in [2.75, 3.05) is 50.9 Å². The lowest BCUT2D eigenvalue weighted by atomic mass is 10.0. The number of alkyl halides is 9. The number of thioether (sulfide) groups is 1. The van der Waals surface area contributed by atoms with Gasteiger partial charge in [-0.25, -0.2) is 19.2 Å². The first kappa shape index (κ1) is 125. The molecule has 19 N–H and O–H groups in total. The van der Waals surface area contributed by atoms with E-state index in [1.165, 1.54) is 179 Å². The number of aliphatic carboxylic acids is 4. The predicted molar refractivity (Wildman–Crippen MR) is 468 cm³/mol. The minimum absolute atomic E-state index is 0.0390. The molecule has 0 aromatic carbocycles. The van der Waals surface area contributed by atoms with Gasteiger partial charge in [-0.15, -0.1) is 0 Å². The number of ether oxygens (including phenoxy) is 2. The van der Waals surface area contributed by atoms with Gasteiger partial charge in [-0.05, 0) is 122 Å². The maximum Gasteiger partial charge on any atom is 0.490 e. The zero-order valence-electron chi connectivity index (χ0n) is 75.5. The lowest BCUT2D eigenvalue weighted by Crippen LogP contribution is -2.60. The average molecular weight is 1850 g/mol. The molecule has 7 atom stereocenters. The number of carboxylic acids is 4. The molecule has 29 nitrogen and oxygen atoms in total. The van der Waals surface area contributed by atoms with Crippen LogP contribution in [-0.2, 0) is 67.0 Å². The number of aliphatic hydroxyl groups is 1. The second kappa shape index (κ2) is 83.8. The van der Waals surface area contributed by atoms with Crippen molar-refractivity contribution in [2.45, 2.75) is 428 Å². The number of amides is 6. The molecule has 0 radical (unpaired) electrons. The first-order valence-electron chi connectivity index (χ1n) is 46.2. The number of carboxylic acid groups (broad SMARTS) is 4. The van der Waals surface area contributed by atoms with Crippen LogP contribution in [-0.4, -0.2) is 209 Å². The lowest BCUT2D eigenvalue weighted by Gasteiger charge is -2.27. The summed E-state index contributed by atoms with van der Waals surface area (Å²) >= 11 is 1.20. The number of carbonyl (C=O) groups is 12. The third-order valence-electron chi connectivity index (χ3n) is 20.3. The number of nitrogens with two attached hydrogens (primary N) is 4. The highest BCUT2D eigenvalue weighted by molar-refractivity contribution is 7.99. The van der Waals surface area contributed by atoms with Crippen LogP contribution in [0.3, 0.4) is 0 Å². The van der Waals surface area contributed by atoms with E-state index in [0.717, 1.165) is 64.2 Å². The first-order chi connectivity index (χ1) is 59.9. The molecule has 0 saturated carbocycles. The van der Waals surface area contributed by atoms with Crippen LogP contribution in [0.5, 0.6) is 0 Å². The summed E-state index contributed by atoms with van der Waals surface area (Å²) < 4.78 is 107. The highest BCUT2D eigenvalue weighted by Gasteiger charge is 2.40. The first-order valence-corrected chi connectivity index (χ1v) is 47.3. The zero-order chi connectivity index (χ0) is 95.7. The maximum absolute atomic E-state index is 14.5. The van der Waals surface area contributed by atoms with Gasteiger partial charge in [0.05, 0.1) is 6.61 Å². The zero-order valence-corrected chi connectivity index (χ0v) is 76.3. The normalized spacial score (nSPS) is 13.0. The van der Waals surface area contributed by atoms with Crippen molar-refractivity contribution in [2.24, 2.45) is 22.9 Å². The summed E-state index contributed by atoms with van der Waals surface area (Å²) in [5.74, 6) is -14.6.